The van der Waals surface area contributed by atoms with E-state index in [2.05, 4.69) is 28.2 Å². The van der Waals surface area contributed by atoms with Crippen LogP contribution in [0.2, 0.25) is 0 Å². The molecule has 1 aliphatic carbocycles. The van der Waals surface area contributed by atoms with Gasteiger partial charge in [0.1, 0.15) is 30.3 Å². The molecular formula is C30H39FN4O4. The van der Waals surface area contributed by atoms with Crippen LogP contribution in [0.1, 0.15) is 44.2 Å². The lowest BCUT2D eigenvalue weighted by Gasteiger charge is -2.25. The third-order valence-electron chi connectivity index (χ3n) is 7.21. The minimum Gasteiger partial charge on any atom is -0.492 e. The Labute approximate surface area is 229 Å². The molecule has 1 fully saturated rings. The highest BCUT2D eigenvalue weighted by atomic mass is 19.1. The van der Waals surface area contributed by atoms with Gasteiger partial charge in [-0.1, -0.05) is 50.1 Å². The van der Waals surface area contributed by atoms with Crippen LogP contribution in [0.3, 0.4) is 0 Å². The van der Waals surface area contributed by atoms with Crippen molar-refractivity contribution in [3.63, 3.8) is 0 Å². The summed E-state index contributed by atoms with van der Waals surface area (Å²) in [5.74, 6) is -0.0587. The van der Waals surface area contributed by atoms with Crippen molar-refractivity contribution in [2.45, 2.75) is 64.1 Å². The van der Waals surface area contributed by atoms with Crippen LogP contribution in [-0.4, -0.2) is 55.5 Å². The molecule has 1 aliphatic heterocycles. The van der Waals surface area contributed by atoms with Crippen LogP contribution in [0.4, 0.5) is 4.39 Å². The lowest BCUT2D eigenvalue weighted by molar-refractivity contribution is -0.132. The number of hydrogen-bond donors (Lipinski definition) is 4. The van der Waals surface area contributed by atoms with Crippen LogP contribution in [0.15, 0.2) is 48.5 Å². The highest BCUT2D eigenvalue weighted by Gasteiger charge is 2.32. The first-order chi connectivity index (χ1) is 18.8. The summed E-state index contributed by atoms with van der Waals surface area (Å²) in [6.07, 6.45) is 3.62. The second kappa shape index (κ2) is 13.6. The van der Waals surface area contributed by atoms with Gasteiger partial charge in [0.25, 0.3) is 0 Å². The molecule has 3 amide bonds. The zero-order chi connectivity index (χ0) is 27.8. The summed E-state index contributed by atoms with van der Waals surface area (Å²) >= 11 is 0. The van der Waals surface area contributed by atoms with Crippen molar-refractivity contribution in [3.05, 3.63) is 65.5 Å². The SMILES string of the molecule is C[C@@H]1CNC(=O)[C@H](CC2CC2)NC(=O)[C@@H](C)NC(=O)[C@@H](Cc2cccc(F)c2)NCCOc2ccccc2C1. The number of fused-ring (bicyclic) bond motifs is 1. The average Bonchev–Trinajstić information content (AvgIpc) is 3.73. The number of halogens is 1. The van der Waals surface area contributed by atoms with Crippen molar-refractivity contribution in [3.8, 4) is 5.75 Å². The molecule has 4 atom stereocenters. The Morgan fingerprint density at radius 3 is 2.49 bits per heavy atom. The Hall–Kier alpha value is -3.46. The van der Waals surface area contributed by atoms with Gasteiger partial charge in [-0.2, -0.15) is 0 Å². The van der Waals surface area contributed by atoms with Gasteiger partial charge in [-0.05, 0) is 67.3 Å². The fourth-order valence-corrected chi connectivity index (χ4v) is 4.80. The maximum atomic E-state index is 13.8. The Morgan fingerprint density at radius 1 is 0.923 bits per heavy atom. The molecule has 210 valence electrons. The predicted octanol–water partition coefficient (Wildman–Crippen LogP) is 2.50. The number of rotatable bonds is 4. The van der Waals surface area contributed by atoms with Crippen molar-refractivity contribution in [1.29, 1.82) is 0 Å². The molecule has 0 bridgehead atoms. The van der Waals surface area contributed by atoms with Crippen LogP contribution in [-0.2, 0) is 27.2 Å². The summed E-state index contributed by atoms with van der Waals surface area (Å²) < 4.78 is 19.9. The van der Waals surface area contributed by atoms with Gasteiger partial charge in [0.2, 0.25) is 17.7 Å². The van der Waals surface area contributed by atoms with Crippen molar-refractivity contribution < 1.29 is 23.5 Å². The minimum absolute atomic E-state index is 0.154. The number of benzene rings is 2. The van der Waals surface area contributed by atoms with Gasteiger partial charge in [-0.25, -0.2) is 4.39 Å². The molecule has 39 heavy (non-hydrogen) atoms. The number of ether oxygens (including phenoxy) is 1. The van der Waals surface area contributed by atoms with Gasteiger partial charge in [0.05, 0.1) is 6.04 Å². The van der Waals surface area contributed by atoms with Gasteiger partial charge in [-0.3, -0.25) is 14.4 Å². The molecule has 1 saturated carbocycles. The number of amides is 3. The van der Waals surface area contributed by atoms with E-state index >= 15 is 0 Å². The van der Waals surface area contributed by atoms with E-state index in [4.69, 9.17) is 4.74 Å². The number of carbonyl (C=O) groups excluding carboxylic acids is 3. The van der Waals surface area contributed by atoms with Crippen molar-refractivity contribution in [1.82, 2.24) is 21.3 Å². The summed E-state index contributed by atoms with van der Waals surface area (Å²) in [7, 11) is 0. The highest BCUT2D eigenvalue weighted by Crippen LogP contribution is 2.33. The summed E-state index contributed by atoms with van der Waals surface area (Å²) in [5.41, 5.74) is 1.69. The molecule has 0 radical (unpaired) electrons. The molecule has 4 N–H and O–H groups in total. The highest BCUT2D eigenvalue weighted by molar-refractivity contribution is 5.93. The average molecular weight is 539 g/mol. The monoisotopic (exact) mass is 538 g/mol. The topological polar surface area (TPSA) is 109 Å². The Bertz CT molecular complexity index is 1160. The van der Waals surface area contributed by atoms with Gasteiger partial charge >= 0.3 is 0 Å². The lowest BCUT2D eigenvalue weighted by atomic mass is 10.00. The van der Waals surface area contributed by atoms with E-state index in [1.165, 1.54) is 12.1 Å². The maximum Gasteiger partial charge on any atom is 0.242 e. The first kappa shape index (κ1) is 28.5. The fraction of sp³-hybridized carbons (Fsp3) is 0.500. The third-order valence-corrected chi connectivity index (χ3v) is 7.21. The summed E-state index contributed by atoms with van der Waals surface area (Å²) in [6, 6.07) is 11.7. The van der Waals surface area contributed by atoms with Crippen molar-refractivity contribution in [2.24, 2.45) is 11.8 Å². The molecule has 0 unspecified atom stereocenters. The molecule has 4 rings (SSSR count). The molecule has 0 saturated heterocycles. The molecular weight excluding hydrogens is 499 g/mol. The second-order valence-corrected chi connectivity index (χ2v) is 10.8. The number of nitrogens with one attached hydrogen (secondary N) is 4. The standard InChI is InChI=1S/C30H39FN4O4/c1-19-14-23-7-3-4-9-27(23)39-13-12-32-25(17-22-6-5-8-24(31)15-22)30(38)34-20(2)28(36)35-26(16-21-10-11-21)29(37)33-18-19/h3-9,15,19-21,25-26,32H,10-14,16-18H2,1-2H3,(H,33,37)(H,34,38)(H,35,36)/t19-,20+,25+,26-/m0/s1. The lowest BCUT2D eigenvalue weighted by Crippen LogP contribution is -2.56. The first-order valence-electron chi connectivity index (χ1n) is 13.9. The largest absolute Gasteiger partial charge is 0.492 e. The van der Waals surface area contributed by atoms with Crippen LogP contribution in [0.25, 0.3) is 0 Å². The number of hydrogen-bond acceptors (Lipinski definition) is 5. The van der Waals surface area contributed by atoms with Crippen molar-refractivity contribution >= 4 is 17.7 Å². The van der Waals surface area contributed by atoms with Crippen LogP contribution < -0.4 is 26.0 Å². The molecule has 2 aromatic rings. The fourth-order valence-electron chi connectivity index (χ4n) is 4.80. The molecule has 9 heteroatoms. The van der Waals surface area contributed by atoms with E-state index in [9.17, 15) is 18.8 Å². The van der Waals surface area contributed by atoms with Gasteiger partial charge in [0.15, 0.2) is 0 Å². The van der Waals surface area contributed by atoms with Gasteiger partial charge < -0.3 is 26.0 Å². The first-order valence-corrected chi connectivity index (χ1v) is 13.9. The summed E-state index contributed by atoms with van der Waals surface area (Å²) in [6.45, 7) is 4.82. The number of para-hydroxylation sites is 1. The molecule has 0 aromatic heterocycles. The van der Waals surface area contributed by atoms with Crippen LogP contribution >= 0.6 is 0 Å². The summed E-state index contributed by atoms with van der Waals surface area (Å²) in [4.78, 5) is 39.4. The minimum atomic E-state index is -0.857. The molecule has 1 heterocycles. The normalized spacial score (nSPS) is 25.7. The van der Waals surface area contributed by atoms with Gasteiger partial charge in [-0.15, -0.1) is 0 Å². The predicted molar refractivity (Wildman–Crippen MR) is 147 cm³/mol. The second-order valence-electron chi connectivity index (χ2n) is 10.8. The van der Waals surface area contributed by atoms with E-state index in [1.54, 1.807) is 19.1 Å². The summed E-state index contributed by atoms with van der Waals surface area (Å²) in [5, 5.41) is 11.8. The molecule has 8 nitrogen and oxygen atoms in total. The Morgan fingerprint density at radius 2 is 1.72 bits per heavy atom. The van der Waals surface area contributed by atoms with E-state index in [1.807, 2.05) is 24.3 Å². The maximum absolute atomic E-state index is 13.8. The smallest absolute Gasteiger partial charge is 0.242 e. The third kappa shape index (κ3) is 8.78. The van der Waals surface area contributed by atoms with Crippen LogP contribution in [0, 0.1) is 17.7 Å². The van der Waals surface area contributed by atoms with E-state index in [0.717, 1.165) is 24.2 Å². The molecule has 2 aromatic carbocycles. The van der Waals surface area contributed by atoms with Gasteiger partial charge in [0, 0.05) is 13.1 Å². The van der Waals surface area contributed by atoms with E-state index in [-0.39, 0.29) is 30.0 Å². The zero-order valence-corrected chi connectivity index (χ0v) is 22.7. The van der Waals surface area contributed by atoms with E-state index in [0.29, 0.717) is 44.0 Å². The molecule has 0 spiro atoms. The number of carbonyl (C=O) groups is 3. The quantitative estimate of drug-likeness (QED) is 0.479. The van der Waals surface area contributed by atoms with Crippen LogP contribution in [0.5, 0.6) is 5.75 Å². The van der Waals surface area contributed by atoms with E-state index < -0.39 is 24.0 Å². The Balaban J connectivity index is 1.53. The zero-order valence-electron chi connectivity index (χ0n) is 22.7. The van der Waals surface area contributed by atoms with Crippen molar-refractivity contribution in [2.75, 3.05) is 19.7 Å². The Kier molecular flexibility index (Phi) is 9.92. The molecule has 2 aliphatic rings.